The number of ketones is 1. The van der Waals surface area contributed by atoms with Crippen molar-refractivity contribution in [2.45, 2.75) is 25.8 Å². The van der Waals surface area contributed by atoms with Crippen LogP contribution in [-0.2, 0) is 9.59 Å². The van der Waals surface area contributed by atoms with Crippen molar-refractivity contribution < 1.29 is 29.0 Å². The van der Waals surface area contributed by atoms with Crippen LogP contribution in [0, 0.1) is 0 Å². The number of carbonyl (C=O) groups is 3. The molecule has 0 saturated heterocycles. The average Bonchev–Trinajstić information content (AvgIpc) is 2.69. The second kappa shape index (κ2) is 10.1. The summed E-state index contributed by atoms with van der Waals surface area (Å²) in [6, 6.07) is 12.3. The Morgan fingerprint density at radius 2 is 1.79 bits per heavy atom. The maximum Gasteiger partial charge on any atom is 0.330 e. The lowest BCUT2D eigenvalue weighted by Crippen LogP contribution is -2.33. The Kier molecular flexibility index (Phi) is 7.56. The van der Waals surface area contributed by atoms with Crippen LogP contribution >= 0.6 is 0 Å². The number of carboxylic acid groups (broad SMARTS) is 1. The van der Waals surface area contributed by atoms with Gasteiger partial charge in [0.15, 0.2) is 23.3 Å². The van der Waals surface area contributed by atoms with Crippen molar-refractivity contribution in [3.05, 3.63) is 59.7 Å². The maximum absolute atomic E-state index is 12.1. The van der Waals surface area contributed by atoms with E-state index in [1.54, 1.807) is 48.5 Å². The maximum atomic E-state index is 12.1. The first kappa shape index (κ1) is 21.0. The number of hydrogen-bond donors (Lipinski definition) is 2. The van der Waals surface area contributed by atoms with Crippen molar-refractivity contribution in [1.29, 1.82) is 0 Å². The van der Waals surface area contributed by atoms with Gasteiger partial charge < -0.3 is 19.9 Å². The Balaban J connectivity index is 1.85. The standard InChI is InChI=1S/C21H23NO6/c1-14(23)16-10-11-17(18(13-16)27-2)28-12-6-9-19(24)22-20(21(25)26)15-7-4-3-5-8-15/h3-5,7-8,10-11,13,20H,6,9,12H2,1-2H3,(H,22,24)(H,25,26). The third kappa shape index (κ3) is 5.84. The number of benzene rings is 2. The topological polar surface area (TPSA) is 102 Å². The van der Waals surface area contributed by atoms with Crippen LogP contribution in [0.5, 0.6) is 11.5 Å². The summed E-state index contributed by atoms with van der Waals surface area (Å²) in [5, 5.41) is 11.9. The first-order valence-electron chi connectivity index (χ1n) is 8.81. The number of nitrogens with one attached hydrogen (secondary N) is 1. The highest BCUT2D eigenvalue weighted by Gasteiger charge is 2.21. The summed E-state index contributed by atoms with van der Waals surface area (Å²) in [6.07, 6.45) is 0.509. The molecule has 148 valence electrons. The van der Waals surface area contributed by atoms with Crippen LogP contribution in [0.3, 0.4) is 0 Å². The Hall–Kier alpha value is -3.35. The molecule has 2 aromatic carbocycles. The van der Waals surface area contributed by atoms with Crippen LogP contribution in [-0.4, -0.2) is 36.5 Å². The van der Waals surface area contributed by atoms with Crippen molar-refractivity contribution in [2.24, 2.45) is 0 Å². The number of rotatable bonds is 10. The lowest BCUT2D eigenvalue weighted by molar-refractivity contribution is -0.142. The van der Waals surface area contributed by atoms with Gasteiger partial charge in [0.25, 0.3) is 0 Å². The highest BCUT2D eigenvalue weighted by atomic mass is 16.5. The SMILES string of the molecule is COc1cc(C(C)=O)ccc1OCCCC(=O)NC(C(=O)O)c1ccccc1. The number of Topliss-reactive ketones (excluding diaryl/α,β-unsaturated/α-hetero) is 1. The van der Waals surface area contributed by atoms with E-state index >= 15 is 0 Å². The fourth-order valence-corrected chi connectivity index (χ4v) is 2.59. The van der Waals surface area contributed by atoms with Crippen LogP contribution in [0.4, 0.5) is 0 Å². The van der Waals surface area contributed by atoms with Crippen LogP contribution in [0.2, 0.25) is 0 Å². The quantitative estimate of drug-likeness (QED) is 0.482. The predicted molar refractivity (Wildman–Crippen MR) is 103 cm³/mol. The molecule has 0 radical (unpaired) electrons. The van der Waals surface area contributed by atoms with Crippen molar-refractivity contribution in [2.75, 3.05) is 13.7 Å². The second-order valence-electron chi connectivity index (χ2n) is 6.12. The van der Waals surface area contributed by atoms with E-state index in [1.165, 1.54) is 14.0 Å². The molecule has 0 saturated carbocycles. The average molecular weight is 385 g/mol. The molecular formula is C21H23NO6. The lowest BCUT2D eigenvalue weighted by atomic mass is 10.1. The summed E-state index contributed by atoms with van der Waals surface area (Å²) >= 11 is 0. The van der Waals surface area contributed by atoms with Gasteiger partial charge in [-0.1, -0.05) is 30.3 Å². The minimum Gasteiger partial charge on any atom is -0.493 e. The van der Waals surface area contributed by atoms with E-state index in [0.717, 1.165) is 0 Å². The van der Waals surface area contributed by atoms with Gasteiger partial charge in [0.05, 0.1) is 13.7 Å². The fourth-order valence-electron chi connectivity index (χ4n) is 2.59. The van der Waals surface area contributed by atoms with Crippen LogP contribution in [0.25, 0.3) is 0 Å². The summed E-state index contributed by atoms with van der Waals surface area (Å²) in [4.78, 5) is 34.9. The molecule has 0 spiro atoms. The fraction of sp³-hybridized carbons (Fsp3) is 0.286. The Labute approximate surface area is 163 Å². The van der Waals surface area contributed by atoms with Crippen LogP contribution < -0.4 is 14.8 Å². The van der Waals surface area contributed by atoms with E-state index in [1.807, 2.05) is 0 Å². The van der Waals surface area contributed by atoms with E-state index in [0.29, 0.717) is 29.0 Å². The second-order valence-corrected chi connectivity index (χ2v) is 6.12. The third-order valence-corrected chi connectivity index (χ3v) is 4.06. The summed E-state index contributed by atoms with van der Waals surface area (Å²) < 4.78 is 10.8. The number of aliphatic carboxylic acids is 1. The summed E-state index contributed by atoms with van der Waals surface area (Å²) in [6.45, 7) is 1.71. The van der Waals surface area contributed by atoms with Gasteiger partial charge in [-0.3, -0.25) is 9.59 Å². The van der Waals surface area contributed by atoms with Gasteiger partial charge in [0.1, 0.15) is 0 Å². The highest BCUT2D eigenvalue weighted by molar-refractivity contribution is 5.94. The van der Waals surface area contributed by atoms with E-state index < -0.39 is 12.0 Å². The molecule has 0 fully saturated rings. The molecule has 0 bridgehead atoms. The predicted octanol–water partition coefficient (Wildman–Crippen LogP) is 3.00. The van der Waals surface area contributed by atoms with E-state index in [9.17, 15) is 19.5 Å². The molecule has 0 heterocycles. The zero-order valence-corrected chi connectivity index (χ0v) is 15.8. The Morgan fingerprint density at radius 1 is 1.07 bits per heavy atom. The summed E-state index contributed by atoms with van der Waals surface area (Å²) in [5.41, 5.74) is 1.03. The number of carboxylic acids is 1. The zero-order valence-electron chi connectivity index (χ0n) is 15.8. The minimum atomic E-state index is -1.12. The molecule has 1 amide bonds. The van der Waals surface area contributed by atoms with Gasteiger partial charge in [-0.15, -0.1) is 0 Å². The van der Waals surface area contributed by atoms with Gasteiger partial charge in [-0.2, -0.15) is 0 Å². The van der Waals surface area contributed by atoms with Gasteiger partial charge in [0.2, 0.25) is 5.91 Å². The molecule has 2 rings (SSSR count). The summed E-state index contributed by atoms with van der Waals surface area (Å²) in [5.74, 6) is -0.662. The van der Waals surface area contributed by atoms with Crippen molar-refractivity contribution in [3.63, 3.8) is 0 Å². The molecule has 2 aromatic rings. The molecular weight excluding hydrogens is 362 g/mol. The van der Waals surface area contributed by atoms with Crippen LogP contribution in [0.1, 0.15) is 41.7 Å². The highest BCUT2D eigenvalue weighted by Crippen LogP contribution is 2.28. The Morgan fingerprint density at radius 3 is 2.39 bits per heavy atom. The number of carbonyl (C=O) groups excluding carboxylic acids is 2. The number of ether oxygens (including phenoxy) is 2. The van der Waals surface area contributed by atoms with Crippen molar-refractivity contribution in [1.82, 2.24) is 5.32 Å². The smallest absolute Gasteiger partial charge is 0.330 e. The first-order chi connectivity index (χ1) is 13.4. The monoisotopic (exact) mass is 385 g/mol. The van der Waals surface area contributed by atoms with Gasteiger partial charge in [-0.25, -0.2) is 4.79 Å². The molecule has 0 aliphatic rings. The van der Waals surface area contributed by atoms with Crippen molar-refractivity contribution >= 4 is 17.7 Å². The molecule has 1 atom stereocenters. The molecule has 7 nitrogen and oxygen atoms in total. The largest absolute Gasteiger partial charge is 0.493 e. The molecule has 7 heteroatoms. The Bertz CT molecular complexity index is 834. The van der Waals surface area contributed by atoms with Gasteiger partial charge in [0, 0.05) is 12.0 Å². The molecule has 0 aromatic heterocycles. The zero-order chi connectivity index (χ0) is 20.5. The first-order valence-corrected chi connectivity index (χ1v) is 8.81. The van der Waals surface area contributed by atoms with E-state index in [-0.39, 0.29) is 24.7 Å². The lowest BCUT2D eigenvalue weighted by Gasteiger charge is -2.15. The molecule has 0 aliphatic carbocycles. The molecule has 28 heavy (non-hydrogen) atoms. The third-order valence-electron chi connectivity index (χ3n) is 4.06. The molecule has 0 aliphatic heterocycles. The number of amides is 1. The van der Waals surface area contributed by atoms with Crippen molar-refractivity contribution in [3.8, 4) is 11.5 Å². The van der Waals surface area contributed by atoms with E-state index in [4.69, 9.17) is 9.47 Å². The van der Waals surface area contributed by atoms with Gasteiger partial charge >= 0.3 is 5.97 Å². The number of hydrogen-bond acceptors (Lipinski definition) is 5. The molecule has 2 N–H and O–H groups in total. The summed E-state index contributed by atoms with van der Waals surface area (Å²) in [7, 11) is 1.48. The minimum absolute atomic E-state index is 0.0760. The molecule has 1 unspecified atom stereocenters. The normalized spacial score (nSPS) is 11.4. The van der Waals surface area contributed by atoms with E-state index in [2.05, 4.69) is 5.32 Å². The van der Waals surface area contributed by atoms with Gasteiger partial charge in [-0.05, 0) is 37.1 Å². The number of methoxy groups -OCH3 is 1. The van der Waals surface area contributed by atoms with Crippen LogP contribution in [0.15, 0.2) is 48.5 Å².